The van der Waals surface area contributed by atoms with Gasteiger partial charge < -0.3 is 14.8 Å². The van der Waals surface area contributed by atoms with Gasteiger partial charge in [0, 0.05) is 17.7 Å². The van der Waals surface area contributed by atoms with E-state index in [2.05, 4.69) is 10.1 Å². The number of hydrogen-bond acceptors (Lipinski definition) is 5. The van der Waals surface area contributed by atoms with Gasteiger partial charge in [-0.3, -0.25) is 0 Å². The standard InChI is InChI=1S/C24H26F3NO4/c1-4-5-11-31-21-14-17(12-16(2)22(29)32-23(30)24(25,26)27)9-10-20(21)19-8-6-7-18(13-19)15-28-3/h6-10,12-14,28H,4-5,11,15H2,1-3H3/b16-12+. The second-order valence-electron chi connectivity index (χ2n) is 7.19. The fourth-order valence-corrected chi connectivity index (χ4v) is 2.90. The molecule has 0 heterocycles. The Hall–Kier alpha value is -3.13. The molecular weight excluding hydrogens is 423 g/mol. The van der Waals surface area contributed by atoms with Crippen molar-refractivity contribution < 1.29 is 32.2 Å². The summed E-state index contributed by atoms with van der Waals surface area (Å²) in [6.07, 6.45) is -2.09. The molecule has 0 unspecified atom stereocenters. The van der Waals surface area contributed by atoms with E-state index in [9.17, 15) is 22.8 Å². The topological polar surface area (TPSA) is 64.6 Å². The molecule has 0 fully saturated rings. The zero-order valence-electron chi connectivity index (χ0n) is 18.2. The zero-order valence-corrected chi connectivity index (χ0v) is 18.2. The third-order valence-corrected chi connectivity index (χ3v) is 4.50. The molecule has 0 aliphatic heterocycles. The third kappa shape index (κ3) is 7.23. The van der Waals surface area contributed by atoms with Crippen LogP contribution in [0.1, 0.15) is 37.8 Å². The molecule has 2 aromatic rings. The lowest BCUT2D eigenvalue weighted by Crippen LogP contribution is -2.28. The van der Waals surface area contributed by atoms with E-state index in [1.54, 1.807) is 12.1 Å². The van der Waals surface area contributed by atoms with Gasteiger partial charge in [0.05, 0.1) is 6.61 Å². The van der Waals surface area contributed by atoms with E-state index >= 15 is 0 Å². The van der Waals surface area contributed by atoms with Gasteiger partial charge in [0.25, 0.3) is 0 Å². The minimum atomic E-state index is -5.24. The molecule has 0 amide bonds. The van der Waals surface area contributed by atoms with Gasteiger partial charge in [-0.15, -0.1) is 0 Å². The number of benzene rings is 2. The number of esters is 2. The maximum Gasteiger partial charge on any atom is 0.491 e. The number of carbonyl (C=O) groups excluding carboxylic acids is 2. The van der Waals surface area contributed by atoms with Crippen molar-refractivity contribution in [2.24, 2.45) is 0 Å². The summed E-state index contributed by atoms with van der Waals surface area (Å²) in [6, 6.07) is 13.2. The summed E-state index contributed by atoms with van der Waals surface area (Å²) in [4.78, 5) is 22.7. The van der Waals surface area contributed by atoms with Crippen LogP contribution in [-0.2, 0) is 20.9 Å². The lowest BCUT2D eigenvalue weighted by Gasteiger charge is -2.14. The highest BCUT2D eigenvalue weighted by molar-refractivity contribution is 6.00. The van der Waals surface area contributed by atoms with E-state index in [4.69, 9.17) is 4.74 Å². The van der Waals surface area contributed by atoms with Crippen molar-refractivity contribution in [2.45, 2.75) is 39.4 Å². The van der Waals surface area contributed by atoms with Crippen LogP contribution in [-0.4, -0.2) is 31.8 Å². The predicted molar refractivity (Wildman–Crippen MR) is 116 cm³/mol. The maximum absolute atomic E-state index is 12.3. The van der Waals surface area contributed by atoms with Crippen LogP contribution in [0.25, 0.3) is 17.2 Å². The SMILES string of the molecule is CCCCOc1cc(/C=C(\C)C(=O)OC(=O)C(F)(F)F)ccc1-c1cccc(CNC)c1. The van der Waals surface area contributed by atoms with Gasteiger partial charge in [-0.25, -0.2) is 9.59 Å². The highest BCUT2D eigenvalue weighted by atomic mass is 19.4. The fourth-order valence-electron chi connectivity index (χ4n) is 2.90. The maximum atomic E-state index is 12.3. The molecule has 0 bridgehead atoms. The molecule has 2 rings (SSSR count). The fraction of sp³-hybridized carbons (Fsp3) is 0.333. The number of alkyl halides is 3. The molecular formula is C24H26F3NO4. The van der Waals surface area contributed by atoms with Crippen LogP contribution >= 0.6 is 0 Å². The Balaban J connectivity index is 2.34. The molecule has 32 heavy (non-hydrogen) atoms. The van der Waals surface area contributed by atoms with Crippen LogP contribution < -0.4 is 10.1 Å². The quantitative estimate of drug-likeness (QED) is 0.244. The first-order chi connectivity index (χ1) is 15.2. The number of unbranched alkanes of at least 4 members (excludes halogenated alkanes) is 1. The van der Waals surface area contributed by atoms with E-state index in [0.29, 0.717) is 24.5 Å². The van der Waals surface area contributed by atoms with Crippen molar-refractivity contribution in [1.82, 2.24) is 5.32 Å². The molecule has 0 saturated carbocycles. The monoisotopic (exact) mass is 449 g/mol. The van der Waals surface area contributed by atoms with Gasteiger partial charge in [0.15, 0.2) is 0 Å². The lowest BCUT2D eigenvalue weighted by molar-refractivity contribution is -0.200. The Morgan fingerprint density at radius 2 is 1.88 bits per heavy atom. The minimum absolute atomic E-state index is 0.147. The first kappa shape index (κ1) is 25.1. The largest absolute Gasteiger partial charge is 0.493 e. The van der Waals surface area contributed by atoms with E-state index in [1.165, 1.54) is 13.0 Å². The molecule has 0 aromatic heterocycles. The highest BCUT2D eigenvalue weighted by Gasteiger charge is 2.42. The first-order valence-corrected chi connectivity index (χ1v) is 10.2. The summed E-state index contributed by atoms with van der Waals surface area (Å²) < 4.78 is 46.8. The van der Waals surface area contributed by atoms with Crippen molar-refractivity contribution in [3.63, 3.8) is 0 Å². The summed E-state index contributed by atoms with van der Waals surface area (Å²) >= 11 is 0. The van der Waals surface area contributed by atoms with Crippen molar-refractivity contribution >= 4 is 18.0 Å². The average molecular weight is 449 g/mol. The molecule has 172 valence electrons. The van der Waals surface area contributed by atoms with Gasteiger partial charge in [-0.05, 0) is 55.3 Å². The Labute approximate surface area is 185 Å². The Morgan fingerprint density at radius 1 is 1.12 bits per heavy atom. The van der Waals surface area contributed by atoms with Crippen LogP contribution in [0.15, 0.2) is 48.0 Å². The van der Waals surface area contributed by atoms with Crippen LogP contribution in [0.4, 0.5) is 13.2 Å². The first-order valence-electron chi connectivity index (χ1n) is 10.2. The molecule has 1 N–H and O–H groups in total. The second-order valence-corrected chi connectivity index (χ2v) is 7.19. The van der Waals surface area contributed by atoms with Crippen LogP contribution in [0.2, 0.25) is 0 Å². The van der Waals surface area contributed by atoms with E-state index in [-0.39, 0.29) is 5.57 Å². The van der Waals surface area contributed by atoms with Crippen LogP contribution in [0.5, 0.6) is 5.75 Å². The molecule has 2 aromatic carbocycles. The Bertz CT molecular complexity index is 983. The van der Waals surface area contributed by atoms with Crippen molar-refractivity contribution in [3.8, 4) is 16.9 Å². The summed E-state index contributed by atoms with van der Waals surface area (Å²) in [5, 5.41) is 3.11. The second kappa shape index (κ2) is 11.5. The minimum Gasteiger partial charge on any atom is -0.493 e. The highest BCUT2D eigenvalue weighted by Crippen LogP contribution is 2.32. The molecule has 0 saturated heterocycles. The van der Waals surface area contributed by atoms with Gasteiger partial charge in [0.2, 0.25) is 0 Å². The van der Waals surface area contributed by atoms with Gasteiger partial charge in [-0.2, -0.15) is 13.2 Å². The van der Waals surface area contributed by atoms with E-state index < -0.39 is 18.1 Å². The number of ether oxygens (including phenoxy) is 2. The van der Waals surface area contributed by atoms with Crippen molar-refractivity contribution in [3.05, 3.63) is 59.2 Å². The molecule has 0 atom stereocenters. The molecule has 8 heteroatoms. The third-order valence-electron chi connectivity index (χ3n) is 4.50. The zero-order chi connectivity index (χ0) is 23.7. The number of hydrogen-bond donors (Lipinski definition) is 1. The summed E-state index contributed by atoms with van der Waals surface area (Å²) in [5.74, 6) is -3.32. The number of carbonyl (C=O) groups is 2. The van der Waals surface area contributed by atoms with Gasteiger partial charge >= 0.3 is 18.1 Å². The van der Waals surface area contributed by atoms with Crippen molar-refractivity contribution in [1.29, 1.82) is 0 Å². The molecule has 5 nitrogen and oxygen atoms in total. The van der Waals surface area contributed by atoms with Gasteiger partial charge in [0.1, 0.15) is 5.75 Å². The molecule has 0 aliphatic carbocycles. The molecule has 0 spiro atoms. The summed E-state index contributed by atoms with van der Waals surface area (Å²) in [5.41, 5.74) is 3.28. The van der Waals surface area contributed by atoms with E-state index in [1.807, 2.05) is 44.3 Å². The average Bonchev–Trinajstić information content (AvgIpc) is 2.74. The summed E-state index contributed by atoms with van der Waals surface area (Å²) in [7, 11) is 1.86. The van der Waals surface area contributed by atoms with Crippen LogP contribution in [0, 0.1) is 0 Å². The lowest BCUT2D eigenvalue weighted by atomic mass is 9.99. The van der Waals surface area contributed by atoms with Gasteiger partial charge in [-0.1, -0.05) is 43.7 Å². The van der Waals surface area contributed by atoms with Crippen molar-refractivity contribution in [2.75, 3.05) is 13.7 Å². The number of rotatable bonds is 9. The molecule has 0 aliphatic rings. The Kier molecular flexibility index (Phi) is 9.02. The molecule has 0 radical (unpaired) electrons. The van der Waals surface area contributed by atoms with Crippen LogP contribution in [0.3, 0.4) is 0 Å². The summed E-state index contributed by atoms with van der Waals surface area (Å²) in [6.45, 7) is 4.52. The van der Waals surface area contributed by atoms with E-state index in [0.717, 1.165) is 29.5 Å². The normalized spacial score (nSPS) is 11.9. The number of halogens is 3. The Morgan fingerprint density at radius 3 is 2.53 bits per heavy atom. The predicted octanol–water partition coefficient (Wildman–Crippen LogP) is 5.29. The number of nitrogens with one attached hydrogen (secondary N) is 1. The smallest absolute Gasteiger partial charge is 0.491 e.